The topological polar surface area (TPSA) is 78.9 Å². The minimum absolute atomic E-state index is 0.111. The van der Waals surface area contributed by atoms with E-state index < -0.39 is 6.10 Å². The normalized spacial score (nSPS) is 13.0. The molecule has 0 saturated carbocycles. The molecule has 0 aliphatic carbocycles. The minimum atomic E-state index is -0.809. The lowest BCUT2D eigenvalue weighted by atomic mass is 10.0. The van der Waals surface area contributed by atoms with E-state index in [1.165, 1.54) is 96.3 Å². The Morgan fingerprint density at radius 1 is 0.344 bits per heavy atom. The molecule has 0 aromatic carbocycles. The van der Waals surface area contributed by atoms with Crippen molar-refractivity contribution < 1.29 is 28.6 Å². The maximum atomic E-state index is 12.8. The van der Waals surface area contributed by atoms with E-state index in [2.05, 4.69) is 57.2 Å². The maximum Gasteiger partial charge on any atom is 0.306 e. The maximum absolute atomic E-state index is 12.8. The van der Waals surface area contributed by atoms with E-state index in [-0.39, 0.29) is 31.1 Å². The summed E-state index contributed by atoms with van der Waals surface area (Å²) in [6.45, 7) is 6.29. The van der Waals surface area contributed by atoms with Gasteiger partial charge in [-0.2, -0.15) is 0 Å². The van der Waals surface area contributed by atoms with Crippen LogP contribution in [0.25, 0.3) is 0 Å². The van der Waals surface area contributed by atoms with Crippen LogP contribution in [-0.2, 0) is 28.6 Å². The number of carbonyl (C=O) groups is 3. The van der Waals surface area contributed by atoms with Gasteiger partial charge in [-0.05, 0) is 64.2 Å². The Labute approximate surface area is 393 Å². The molecular formula is C58H94O6. The summed E-state index contributed by atoms with van der Waals surface area (Å²) < 4.78 is 16.7. The van der Waals surface area contributed by atoms with Crippen LogP contribution in [0.2, 0.25) is 0 Å². The fourth-order valence-corrected chi connectivity index (χ4v) is 6.87. The van der Waals surface area contributed by atoms with Gasteiger partial charge in [0.25, 0.3) is 0 Å². The zero-order chi connectivity index (χ0) is 46.5. The van der Waals surface area contributed by atoms with Crippen LogP contribution in [0.3, 0.4) is 0 Å². The summed E-state index contributed by atoms with van der Waals surface area (Å²) in [5, 5.41) is 0. The number of carbonyl (C=O) groups excluding carboxylic acids is 3. The van der Waals surface area contributed by atoms with Gasteiger partial charge in [-0.25, -0.2) is 0 Å². The molecule has 0 aromatic rings. The van der Waals surface area contributed by atoms with E-state index in [4.69, 9.17) is 14.2 Å². The highest BCUT2D eigenvalue weighted by atomic mass is 16.6. The van der Waals surface area contributed by atoms with E-state index in [1.807, 2.05) is 72.9 Å². The smallest absolute Gasteiger partial charge is 0.306 e. The fraction of sp³-hybridized carbons (Fsp3) is 0.638. The first-order valence-electron chi connectivity index (χ1n) is 26.0. The van der Waals surface area contributed by atoms with Crippen molar-refractivity contribution in [3.63, 3.8) is 0 Å². The molecule has 1 atom stereocenters. The van der Waals surface area contributed by atoms with E-state index in [0.717, 1.165) is 83.5 Å². The number of rotatable bonds is 45. The van der Waals surface area contributed by atoms with Gasteiger partial charge in [-0.15, -0.1) is 0 Å². The first kappa shape index (κ1) is 60.1. The Bertz CT molecular complexity index is 1340. The zero-order valence-electron chi connectivity index (χ0n) is 41.3. The minimum Gasteiger partial charge on any atom is -0.462 e. The molecule has 0 heterocycles. The molecule has 6 heteroatoms. The number of ether oxygens (including phenoxy) is 3. The summed E-state index contributed by atoms with van der Waals surface area (Å²) >= 11 is 0. The second-order valence-corrected chi connectivity index (χ2v) is 16.9. The van der Waals surface area contributed by atoms with Crippen LogP contribution in [0.15, 0.2) is 109 Å². The van der Waals surface area contributed by atoms with Crippen molar-refractivity contribution in [3.8, 4) is 0 Å². The lowest BCUT2D eigenvalue weighted by Gasteiger charge is -2.18. The second kappa shape index (κ2) is 51.7. The molecule has 0 aliphatic heterocycles. The molecule has 0 spiro atoms. The van der Waals surface area contributed by atoms with Crippen LogP contribution >= 0.6 is 0 Å². The summed E-state index contributed by atoms with van der Waals surface area (Å²) in [7, 11) is 0. The van der Waals surface area contributed by atoms with Gasteiger partial charge in [0.05, 0.1) is 0 Å². The molecular weight excluding hydrogens is 793 g/mol. The van der Waals surface area contributed by atoms with E-state index in [9.17, 15) is 14.4 Å². The lowest BCUT2D eigenvalue weighted by molar-refractivity contribution is -0.167. The van der Waals surface area contributed by atoms with Crippen molar-refractivity contribution in [2.24, 2.45) is 0 Å². The first-order valence-corrected chi connectivity index (χ1v) is 26.0. The third-order valence-electron chi connectivity index (χ3n) is 10.7. The van der Waals surface area contributed by atoms with Gasteiger partial charge >= 0.3 is 17.9 Å². The average molecular weight is 887 g/mol. The van der Waals surface area contributed by atoms with Crippen molar-refractivity contribution in [3.05, 3.63) is 109 Å². The lowest BCUT2D eigenvalue weighted by Crippen LogP contribution is -2.30. The summed E-state index contributed by atoms with van der Waals surface area (Å²) in [6.07, 6.45) is 69.4. The van der Waals surface area contributed by atoms with Crippen molar-refractivity contribution in [1.29, 1.82) is 0 Å². The Kier molecular flexibility index (Phi) is 48.5. The largest absolute Gasteiger partial charge is 0.462 e. The van der Waals surface area contributed by atoms with Crippen LogP contribution < -0.4 is 0 Å². The number of hydrogen-bond acceptors (Lipinski definition) is 6. The molecule has 0 saturated heterocycles. The van der Waals surface area contributed by atoms with Gasteiger partial charge < -0.3 is 14.2 Å². The van der Waals surface area contributed by atoms with Gasteiger partial charge in [-0.3, -0.25) is 14.4 Å². The Balaban J connectivity index is 4.43. The van der Waals surface area contributed by atoms with Gasteiger partial charge in [0, 0.05) is 19.3 Å². The summed E-state index contributed by atoms with van der Waals surface area (Å²) in [5.41, 5.74) is 0. The monoisotopic (exact) mass is 887 g/mol. The van der Waals surface area contributed by atoms with Crippen LogP contribution in [0.1, 0.15) is 220 Å². The zero-order valence-corrected chi connectivity index (χ0v) is 41.3. The molecule has 64 heavy (non-hydrogen) atoms. The molecule has 0 aliphatic rings. The van der Waals surface area contributed by atoms with Crippen molar-refractivity contribution in [1.82, 2.24) is 0 Å². The highest BCUT2D eigenvalue weighted by Gasteiger charge is 2.19. The van der Waals surface area contributed by atoms with Crippen LogP contribution in [-0.4, -0.2) is 37.2 Å². The average Bonchev–Trinajstić information content (AvgIpc) is 3.29. The quantitative estimate of drug-likeness (QED) is 0.0199. The number of esters is 3. The second-order valence-electron chi connectivity index (χ2n) is 16.9. The van der Waals surface area contributed by atoms with E-state index in [1.54, 1.807) is 0 Å². The molecule has 0 N–H and O–H groups in total. The summed E-state index contributed by atoms with van der Waals surface area (Å²) in [6, 6.07) is 0. The molecule has 0 rings (SSSR count). The predicted molar refractivity (Wildman–Crippen MR) is 274 cm³/mol. The Morgan fingerprint density at radius 3 is 1.16 bits per heavy atom. The predicted octanol–water partition coefficient (Wildman–Crippen LogP) is 17.1. The fourth-order valence-electron chi connectivity index (χ4n) is 6.87. The molecule has 1 unspecified atom stereocenters. The standard InChI is InChI=1S/C58H94O6/c1-4-7-10-13-16-19-21-23-25-27-29-31-32-34-36-39-42-45-48-51-57(60)63-54-55(53-62-56(59)50-47-44-41-38-18-15-12-9-6-3)64-58(61)52-49-46-43-40-37-35-33-30-28-26-24-22-20-17-14-11-8-5-2/h7,9-10,12-13,16,18-19,21,23,25,27,29,31-32,34,36,38,55H,4-6,8,11,14-15,17,20,22,24,26,28,30,33,35,37,39-54H2,1-3H3/b10-7-,12-9-,16-13-,21-19-,25-23-,29-27+,32-31-,36-34-,38-18-. The van der Waals surface area contributed by atoms with Crippen LogP contribution in [0.5, 0.6) is 0 Å². The van der Waals surface area contributed by atoms with Crippen molar-refractivity contribution in [2.45, 2.75) is 226 Å². The van der Waals surface area contributed by atoms with E-state index in [0.29, 0.717) is 19.3 Å². The Hall–Kier alpha value is -3.93. The highest BCUT2D eigenvalue weighted by molar-refractivity contribution is 5.71. The molecule has 0 radical (unpaired) electrons. The van der Waals surface area contributed by atoms with Crippen molar-refractivity contribution >= 4 is 17.9 Å². The third-order valence-corrected chi connectivity index (χ3v) is 10.7. The van der Waals surface area contributed by atoms with E-state index >= 15 is 0 Å². The van der Waals surface area contributed by atoms with Crippen LogP contribution in [0.4, 0.5) is 0 Å². The SMILES string of the molecule is CC\C=C/C=C\C=C/C=C\C=C\C=C/C=C\CCCCCC(=O)OCC(COC(=O)CCCC/C=C\C/C=C\CC)OC(=O)CCCCCCCCCCCCCCCCCCCC. The molecule has 0 fully saturated rings. The van der Waals surface area contributed by atoms with Gasteiger partial charge in [0.15, 0.2) is 6.10 Å². The molecule has 0 aromatic heterocycles. The van der Waals surface area contributed by atoms with Gasteiger partial charge in [0.1, 0.15) is 13.2 Å². The molecule has 0 bridgehead atoms. The highest BCUT2D eigenvalue weighted by Crippen LogP contribution is 2.15. The van der Waals surface area contributed by atoms with Crippen molar-refractivity contribution in [2.75, 3.05) is 13.2 Å². The molecule has 6 nitrogen and oxygen atoms in total. The van der Waals surface area contributed by atoms with Gasteiger partial charge in [-0.1, -0.05) is 246 Å². The number of allylic oxidation sites excluding steroid dienone is 18. The summed E-state index contributed by atoms with van der Waals surface area (Å²) in [5.74, 6) is -0.992. The van der Waals surface area contributed by atoms with Gasteiger partial charge in [0.2, 0.25) is 0 Å². The Morgan fingerprint density at radius 2 is 0.688 bits per heavy atom. The first-order chi connectivity index (χ1) is 31.5. The van der Waals surface area contributed by atoms with Crippen LogP contribution in [0, 0.1) is 0 Å². The molecule has 0 amide bonds. The molecule has 362 valence electrons. The number of hydrogen-bond donors (Lipinski definition) is 0. The third kappa shape index (κ3) is 49.1. The summed E-state index contributed by atoms with van der Waals surface area (Å²) in [4.78, 5) is 37.9. The number of unbranched alkanes of at least 4 members (excludes halogenated alkanes) is 22.